The molecule has 2 aromatic carbocycles. The van der Waals surface area contributed by atoms with Crippen LogP contribution in [0.2, 0.25) is 5.02 Å². The molecule has 0 radical (unpaired) electrons. The number of rotatable bonds is 6. The van der Waals surface area contributed by atoms with Crippen LogP contribution in [0, 0.1) is 5.95 Å². The maximum absolute atomic E-state index is 13.6. The molecule has 0 spiro atoms. The number of anilines is 3. The average molecular weight is 503 g/mol. The number of benzene rings is 2. The standard InChI is InChI=1S/C26H20ClFN6O2/c1-15(35)31-25-14-19(8-10-30-25)36-18-4-6-23-22(13-18)33-26(34(23)2)32-17-3-5-21(27)20(12-17)16-7-9-29-24(28)11-16/h3-14H,1-2H3,(H,32,33)(H,30,31,35). The van der Waals surface area contributed by atoms with Gasteiger partial charge in [-0.25, -0.2) is 15.0 Å². The van der Waals surface area contributed by atoms with Crippen LogP contribution in [-0.4, -0.2) is 25.4 Å². The molecule has 5 rings (SSSR count). The molecular weight excluding hydrogens is 483 g/mol. The van der Waals surface area contributed by atoms with Crippen LogP contribution in [0.25, 0.3) is 22.2 Å². The summed E-state index contributed by atoms with van der Waals surface area (Å²) in [5.74, 6) is 1.34. The summed E-state index contributed by atoms with van der Waals surface area (Å²) in [5.41, 5.74) is 3.65. The summed E-state index contributed by atoms with van der Waals surface area (Å²) in [7, 11) is 1.90. The third kappa shape index (κ3) is 4.96. The quantitative estimate of drug-likeness (QED) is 0.264. The van der Waals surface area contributed by atoms with Crippen LogP contribution < -0.4 is 15.4 Å². The van der Waals surface area contributed by atoms with Crippen LogP contribution >= 0.6 is 11.6 Å². The molecule has 5 aromatic rings. The Hall–Kier alpha value is -4.50. The van der Waals surface area contributed by atoms with E-state index in [1.54, 1.807) is 30.5 Å². The fraction of sp³-hybridized carbons (Fsp3) is 0.0769. The first-order valence-corrected chi connectivity index (χ1v) is 11.3. The molecule has 0 aliphatic heterocycles. The Morgan fingerprint density at radius 1 is 1.00 bits per heavy atom. The van der Waals surface area contributed by atoms with Gasteiger partial charge < -0.3 is 19.9 Å². The predicted molar refractivity (Wildman–Crippen MR) is 137 cm³/mol. The fourth-order valence-corrected chi connectivity index (χ4v) is 3.96. The Balaban J connectivity index is 1.41. The van der Waals surface area contributed by atoms with E-state index in [0.717, 1.165) is 16.7 Å². The molecule has 36 heavy (non-hydrogen) atoms. The summed E-state index contributed by atoms with van der Waals surface area (Å²) in [5, 5.41) is 6.43. The van der Waals surface area contributed by atoms with Crippen LogP contribution in [0.15, 0.2) is 73.1 Å². The number of nitrogens with zero attached hydrogens (tertiary/aromatic N) is 4. The van der Waals surface area contributed by atoms with Gasteiger partial charge in [0.25, 0.3) is 0 Å². The first-order valence-electron chi connectivity index (χ1n) is 10.9. The molecule has 0 fully saturated rings. The van der Waals surface area contributed by atoms with Crippen LogP contribution in [0.5, 0.6) is 11.5 Å². The van der Waals surface area contributed by atoms with Gasteiger partial charge in [-0.05, 0) is 48.0 Å². The molecule has 0 atom stereocenters. The molecule has 0 aliphatic carbocycles. The van der Waals surface area contributed by atoms with Gasteiger partial charge in [-0.2, -0.15) is 4.39 Å². The number of hydrogen-bond donors (Lipinski definition) is 2. The Kier molecular flexibility index (Phi) is 6.22. The molecule has 180 valence electrons. The largest absolute Gasteiger partial charge is 0.457 e. The molecule has 8 nitrogen and oxygen atoms in total. The van der Waals surface area contributed by atoms with E-state index in [0.29, 0.717) is 39.4 Å². The van der Waals surface area contributed by atoms with Gasteiger partial charge in [-0.15, -0.1) is 0 Å². The van der Waals surface area contributed by atoms with Gasteiger partial charge >= 0.3 is 0 Å². The summed E-state index contributed by atoms with van der Waals surface area (Å²) < 4.78 is 21.5. The molecule has 0 bridgehead atoms. The van der Waals surface area contributed by atoms with Crippen molar-refractivity contribution in [3.05, 3.63) is 84.0 Å². The molecule has 2 N–H and O–H groups in total. The molecule has 10 heteroatoms. The zero-order valence-electron chi connectivity index (χ0n) is 19.3. The van der Waals surface area contributed by atoms with Crippen molar-refractivity contribution in [3.63, 3.8) is 0 Å². The van der Waals surface area contributed by atoms with Crippen LogP contribution in [0.1, 0.15) is 6.92 Å². The molecule has 0 saturated carbocycles. The number of aromatic nitrogens is 4. The number of pyridine rings is 2. The third-order valence-corrected chi connectivity index (χ3v) is 5.71. The summed E-state index contributed by atoms with van der Waals surface area (Å²) in [4.78, 5) is 23.7. The number of carbonyl (C=O) groups is 1. The Bertz CT molecular complexity index is 1600. The molecule has 0 saturated heterocycles. The summed E-state index contributed by atoms with van der Waals surface area (Å²) in [6.07, 6.45) is 2.96. The van der Waals surface area contributed by atoms with E-state index in [4.69, 9.17) is 21.3 Å². The second-order valence-corrected chi connectivity index (χ2v) is 8.40. The Morgan fingerprint density at radius 2 is 1.81 bits per heavy atom. The fourth-order valence-electron chi connectivity index (χ4n) is 3.74. The first-order chi connectivity index (χ1) is 17.4. The van der Waals surface area contributed by atoms with Crippen molar-refractivity contribution >= 4 is 46.0 Å². The van der Waals surface area contributed by atoms with Crippen molar-refractivity contribution < 1.29 is 13.9 Å². The van der Waals surface area contributed by atoms with Gasteiger partial charge in [0.1, 0.15) is 17.3 Å². The number of carbonyl (C=O) groups excluding carboxylic acids is 1. The molecule has 1 amide bonds. The molecule has 3 aromatic heterocycles. The minimum Gasteiger partial charge on any atom is -0.457 e. The molecule has 3 heterocycles. The van der Waals surface area contributed by atoms with E-state index >= 15 is 0 Å². The summed E-state index contributed by atoms with van der Waals surface area (Å²) >= 11 is 6.37. The number of amides is 1. The van der Waals surface area contributed by atoms with Crippen molar-refractivity contribution in [2.45, 2.75) is 6.92 Å². The highest BCUT2D eigenvalue weighted by atomic mass is 35.5. The zero-order chi connectivity index (χ0) is 25.2. The van der Waals surface area contributed by atoms with Gasteiger partial charge in [0.15, 0.2) is 0 Å². The van der Waals surface area contributed by atoms with Crippen LogP contribution in [0.4, 0.5) is 21.8 Å². The van der Waals surface area contributed by atoms with Crippen molar-refractivity contribution in [1.29, 1.82) is 0 Å². The van der Waals surface area contributed by atoms with Crippen LogP contribution in [0.3, 0.4) is 0 Å². The minimum atomic E-state index is -0.576. The van der Waals surface area contributed by atoms with E-state index in [2.05, 4.69) is 20.6 Å². The normalized spacial score (nSPS) is 10.9. The smallest absolute Gasteiger partial charge is 0.222 e. The number of nitrogens with one attached hydrogen (secondary N) is 2. The number of fused-ring (bicyclic) bond motifs is 1. The van der Waals surface area contributed by atoms with Gasteiger partial charge in [0, 0.05) is 60.8 Å². The monoisotopic (exact) mass is 502 g/mol. The van der Waals surface area contributed by atoms with E-state index in [1.807, 2.05) is 41.9 Å². The zero-order valence-corrected chi connectivity index (χ0v) is 20.0. The lowest BCUT2D eigenvalue weighted by Gasteiger charge is -2.10. The lowest BCUT2D eigenvalue weighted by Crippen LogP contribution is -2.07. The SMILES string of the molecule is CC(=O)Nc1cc(Oc2ccc3c(c2)nc(Nc2ccc(Cl)c(-c4ccnc(F)c4)c2)n3C)ccn1. The van der Waals surface area contributed by atoms with Crippen LogP contribution in [-0.2, 0) is 11.8 Å². The lowest BCUT2D eigenvalue weighted by atomic mass is 10.1. The van der Waals surface area contributed by atoms with Crippen molar-refractivity contribution in [2.75, 3.05) is 10.6 Å². The first kappa shape index (κ1) is 23.3. The highest BCUT2D eigenvalue weighted by Crippen LogP contribution is 2.33. The summed E-state index contributed by atoms with van der Waals surface area (Å²) in [6, 6.07) is 17.4. The van der Waals surface area contributed by atoms with Crippen molar-refractivity contribution in [3.8, 4) is 22.6 Å². The third-order valence-electron chi connectivity index (χ3n) is 5.38. The van der Waals surface area contributed by atoms with E-state index in [1.165, 1.54) is 19.2 Å². The molecule has 0 aliphatic rings. The molecule has 0 unspecified atom stereocenters. The Labute approximate surface area is 210 Å². The Morgan fingerprint density at radius 3 is 2.61 bits per heavy atom. The maximum Gasteiger partial charge on any atom is 0.222 e. The van der Waals surface area contributed by atoms with Gasteiger partial charge in [-0.3, -0.25) is 4.79 Å². The molecular formula is C26H20ClFN6O2. The van der Waals surface area contributed by atoms with Crippen molar-refractivity contribution in [1.82, 2.24) is 19.5 Å². The van der Waals surface area contributed by atoms with Gasteiger partial charge in [0.05, 0.1) is 11.0 Å². The second kappa shape index (κ2) is 9.63. The van der Waals surface area contributed by atoms with Gasteiger partial charge in [0.2, 0.25) is 17.8 Å². The maximum atomic E-state index is 13.6. The highest BCUT2D eigenvalue weighted by Gasteiger charge is 2.12. The minimum absolute atomic E-state index is 0.213. The number of aryl methyl sites for hydroxylation is 1. The predicted octanol–water partition coefficient (Wildman–Crippen LogP) is 6.32. The highest BCUT2D eigenvalue weighted by molar-refractivity contribution is 6.33. The van der Waals surface area contributed by atoms with Gasteiger partial charge in [-0.1, -0.05) is 11.6 Å². The number of hydrogen-bond acceptors (Lipinski definition) is 6. The lowest BCUT2D eigenvalue weighted by molar-refractivity contribution is -0.114. The number of halogens is 2. The van der Waals surface area contributed by atoms with E-state index < -0.39 is 5.95 Å². The van der Waals surface area contributed by atoms with E-state index in [9.17, 15) is 9.18 Å². The average Bonchev–Trinajstić information content (AvgIpc) is 3.14. The number of ether oxygens (including phenoxy) is 1. The number of imidazole rings is 1. The van der Waals surface area contributed by atoms with E-state index in [-0.39, 0.29) is 5.91 Å². The van der Waals surface area contributed by atoms with Crippen molar-refractivity contribution in [2.24, 2.45) is 7.05 Å². The summed E-state index contributed by atoms with van der Waals surface area (Å²) in [6.45, 7) is 1.42. The second-order valence-electron chi connectivity index (χ2n) is 7.99. The topological polar surface area (TPSA) is 94.0 Å².